The number of hydrogen-bond donors (Lipinski definition) is 1. The molecule has 4 aromatic carbocycles. The number of aliphatic hydroxyl groups is 1. The average Bonchev–Trinajstić information content (AvgIpc) is 3.03. The number of aliphatic hydroxyl groups excluding tert-OH is 1. The van der Waals surface area contributed by atoms with E-state index in [4.69, 9.17) is 4.98 Å². The van der Waals surface area contributed by atoms with Crippen molar-refractivity contribution in [1.82, 2.24) is 4.98 Å². The Morgan fingerprint density at radius 1 is 0.833 bits per heavy atom. The van der Waals surface area contributed by atoms with Crippen molar-refractivity contribution >= 4 is 40.7 Å². The molecule has 0 fully saturated rings. The number of fused-ring (bicyclic) bond motifs is 2. The van der Waals surface area contributed by atoms with Crippen molar-refractivity contribution in [2.45, 2.75) is 87.9 Å². The average molecular weight is 835 g/mol. The van der Waals surface area contributed by atoms with Gasteiger partial charge in [0.15, 0.2) is 5.78 Å². The molecule has 1 radical (unpaired) electrons. The molecule has 1 heterocycles. The van der Waals surface area contributed by atoms with Gasteiger partial charge in [0.25, 0.3) is 0 Å². The van der Waals surface area contributed by atoms with Gasteiger partial charge in [-0.2, -0.15) is 0 Å². The summed E-state index contributed by atoms with van der Waals surface area (Å²) in [6.07, 6.45) is 2.99. The minimum absolute atomic E-state index is 0. The third-order valence-corrected chi connectivity index (χ3v) is 11.6. The number of aryl methyl sites for hydroxylation is 2. The topological polar surface area (TPSA) is 50.2 Å². The Labute approximate surface area is 303 Å². The van der Waals surface area contributed by atoms with E-state index in [0.717, 1.165) is 35.2 Å². The van der Waals surface area contributed by atoms with Crippen LogP contribution in [0.2, 0.25) is 19.6 Å². The molecular formula is C43H52IrNO2Si-. The van der Waals surface area contributed by atoms with Gasteiger partial charge in [0.2, 0.25) is 0 Å². The Kier molecular flexibility index (Phi) is 12.6. The predicted octanol–water partition coefficient (Wildman–Crippen LogP) is 11.6. The Balaban J connectivity index is 0.000000334. The molecule has 0 spiro atoms. The summed E-state index contributed by atoms with van der Waals surface area (Å²) in [5.74, 6) is 0.195. The van der Waals surface area contributed by atoms with Crippen LogP contribution in [-0.2, 0) is 24.9 Å². The number of carbonyl (C=O) groups is 1. The zero-order chi connectivity index (χ0) is 34.7. The number of allylic oxidation sites excluding steroid dienone is 2. The van der Waals surface area contributed by atoms with Crippen LogP contribution in [0.15, 0.2) is 90.7 Å². The van der Waals surface area contributed by atoms with Gasteiger partial charge in [-0.1, -0.05) is 135 Å². The molecule has 0 aliphatic carbocycles. The van der Waals surface area contributed by atoms with Crippen LogP contribution in [0.4, 0.5) is 0 Å². The molecule has 1 N–H and O–H groups in total. The quantitative estimate of drug-likeness (QED) is 0.0733. The summed E-state index contributed by atoms with van der Waals surface area (Å²) in [4.78, 5) is 16.9. The standard InChI is InChI=1S/C30H28NSi.C13H24O2.Ir/c1-20-14-21(2)16-25(15-20)30-19-27(24-11-10-22-8-6-7-9-23(22)17-24)28-18-26(32(3,4)5)12-13-29(28)31-30;1-7-12(3,4)10(14)9-11(15)13(5,6)8-2;/h6-15,17-19H,1-5H3;9,14H,7-8H2,1-6H3;/q-1;;/b;10-9-;. The van der Waals surface area contributed by atoms with Crippen LogP contribution >= 0.6 is 0 Å². The van der Waals surface area contributed by atoms with Crippen LogP contribution in [0.3, 0.4) is 0 Å². The number of carbonyl (C=O) groups excluding carboxylic acids is 1. The zero-order valence-electron chi connectivity index (χ0n) is 30.6. The first kappa shape index (κ1) is 39.1. The van der Waals surface area contributed by atoms with Gasteiger partial charge < -0.3 is 5.11 Å². The molecule has 1 aromatic heterocycles. The van der Waals surface area contributed by atoms with Crippen molar-refractivity contribution in [3.63, 3.8) is 0 Å². The van der Waals surface area contributed by atoms with Gasteiger partial charge in [0.1, 0.15) is 5.76 Å². The molecule has 0 aliphatic heterocycles. The fourth-order valence-electron chi connectivity index (χ4n) is 5.33. The van der Waals surface area contributed by atoms with Crippen LogP contribution < -0.4 is 5.19 Å². The monoisotopic (exact) mass is 835 g/mol. The predicted molar refractivity (Wildman–Crippen MR) is 205 cm³/mol. The molecule has 0 saturated carbocycles. The van der Waals surface area contributed by atoms with Crippen LogP contribution in [0.5, 0.6) is 0 Å². The fourth-order valence-corrected chi connectivity index (χ4v) is 6.49. The van der Waals surface area contributed by atoms with E-state index in [1.54, 1.807) is 0 Å². The van der Waals surface area contributed by atoms with Gasteiger partial charge in [-0.15, -0.1) is 34.9 Å². The van der Waals surface area contributed by atoms with Crippen LogP contribution in [0.25, 0.3) is 44.1 Å². The molecule has 0 saturated heterocycles. The largest absolute Gasteiger partial charge is 0.512 e. The molecule has 0 amide bonds. The molecule has 0 unspecified atom stereocenters. The maximum atomic E-state index is 11.8. The number of aromatic nitrogens is 1. The smallest absolute Gasteiger partial charge is 0.164 e. The van der Waals surface area contributed by atoms with Gasteiger partial charge >= 0.3 is 0 Å². The second-order valence-corrected chi connectivity index (χ2v) is 20.3. The second-order valence-electron chi connectivity index (χ2n) is 15.2. The molecule has 0 atom stereocenters. The Morgan fingerprint density at radius 3 is 2.08 bits per heavy atom. The van der Waals surface area contributed by atoms with Crippen molar-refractivity contribution in [3.05, 3.63) is 108 Å². The van der Waals surface area contributed by atoms with Gasteiger partial charge in [-0.05, 0) is 52.6 Å². The Bertz CT molecular complexity index is 1930. The van der Waals surface area contributed by atoms with E-state index in [9.17, 15) is 9.90 Å². The van der Waals surface area contributed by atoms with Gasteiger partial charge in [0.05, 0.1) is 13.6 Å². The van der Waals surface area contributed by atoms with Crippen molar-refractivity contribution in [2.75, 3.05) is 0 Å². The number of benzene rings is 4. The SMILES string of the molecule is CCC(C)(C)C(=O)/C=C(\O)C(C)(C)CC.Cc1[c-]c(-c2cc(-c3ccc4ccccc4c3)c3cc([Si](C)(C)C)ccc3n2)cc(C)c1.[Ir]. The van der Waals surface area contributed by atoms with E-state index < -0.39 is 8.07 Å². The van der Waals surface area contributed by atoms with Crippen LogP contribution in [0.1, 0.15) is 65.5 Å². The fraction of sp³-hybridized carbons (Fsp3) is 0.349. The summed E-state index contributed by atoms with van der Waals surface area (Å²) in [6, 6.07) is 32.3. The zero-order valence-corrected chi connectivity index (χ0v) is 34.0. The Hall–Kier alpha value is -3.37. The molecule has 5 aromatic rings. The second kappa shape index (κ2) is 15.5. The summed E-state index contributed by atoms with van der Waals surface area (Å²) < 4.78 is 0. The minimum Gasteiger partial charge on any atom is -0.512 e. The van der Waals surface area contributed by atoms with E-state index in [1.807, 2.05) is 41.5 Å². The van der Waals surface area contributed by atoms with E-state index in [1.165, 1.54) is 44.1 Å². The van der Waals surface area contributed by atoms with Crippen molar-refractivity contribution < 1.29 is 30.0 Å². The first-order chi connectivity index (χ1) is 21.9. The molecule has 5 rings (SSSR count). The van der Waals surface area contributed by atoms with Crippen molar-refractivity contribution in [2.24, 2.45) is 10.8 Å². The van der Waals surface area contributed by atoms with E-state index >= 15 is 0 Å². The third kappa shape index (κ3) is 9.19. The number of hydrogen-bond acceptors (Lipinski definition) is 3. The maximum Gasteiger partial charge on any atom is 0.164 e. The van der Waals surface area contributed by atoms with Crippen LogP contribution in [0, 0.1) is 30.7 Å². The summed E-state index contributed by atoms with van der Waals surface area (Å²) in [5.41, 5.74) is 7.24. The van der Waals surface area contributed by atoms with Gasteiger partial charge in [-0.25, -0.2) is 0 Å². The Morgan fingerprint density at radius 2 is 1.48 bits per heavy atom. The summed E-state index contributed by atoms with van der Waals surface area (Å²) in [6.45, 7) is 23.1. The molecule has 3 nitrogen and oxygen atoms in total. The van der Waals surface area contributed by atoms with E-state index in [-0.39, 0.29) is 42.5 Å². The minimum atomic E-state index is -1.44. The van der Waals surface area contributed by atoms with Crippen molar-refractivity contribution in [3.8, 4) is 22.4 Å². The van der Waals surface area contributed by atoms with Gasteiger partial charge in [0, 0.05) is 42.4 Å². The molecule has 255 valence electrons. The normalized spacial score (nSPS) is 12.4. The first-order valence-electron chi connectivity index (χ1n) is 16.9. The maximum absolute atomic E-state index is 11.8. The summed E-state index contributed by atoms with van der Waals surface area (Å²) in [5, 5.41) is 15.1. The molecule has 48 heavy (non-hydrogen) atoms. The first-order valence-corrected chi connectivity index (χ1v) is 20.4. The summed E-state index contributed by atoms with van der Waals surface area (Å²) >= 11 is 0. The number of ketones is 1. The van der Waals surface area contributed by atoms with Crippen molar-refractivity contribution in [1.29, 1.82) is 0 Å². The third-order valence-electron chi connectivity index (χ3n) is 9.56. The summed E-state index contributed by atoms with van der Waals surface area (Å²) in [7, 11) is -1.44. The molecule has 0 bridgehead atoms. The number of nitrogens with zero attached hydrogens (tertiary/aromatic N) is 1. The van der Waals surface area contributed by atoms with Crippen LogP contribution in [-0.4, -0.2) is 23.9 Å². The van der Waals surface area contributed by atoms with E-state index in [2.05, 4.69) is 118 Å². The number of rotatable bonds is 8. The molecule has 5 heteroatoms. The number of pyridine rings is 1. The molecule has 0 aliphatic rings. The van der Waals surface area contributed by atoms with Gasteiger partial charge in [-0.3, -0.25) is 9.78 Å². The van der Waals surface area contributed by atoms with E-state index in [0.29, 0.717) is 0 Å². The molecular weight excluding hydrogens is 783 g/mol.